The number of piperidine rings is 1. The summed E-state index contributed by atoms with van der Waals surface area (Å²) in [7, 11) is 0. The molecule has 1 amide bonds. The van der Waals surface area contributed by atoms with Crippen molar-refractivity contribution in [3.63, 3.8) is 0 Å². The molecule has 3 aliphatic heterocycles. The van der Waals surface area contributed by atoms with Crippen molar-refractivity contribution in [1.82, 2.24) is 15.5 Å². The number of likely N-dealkylation sites (tertiary alicyclic amines) is 1. The molecular formula is C36H53Cl3N4O3. The van der Waals surface area contributed by atoms with Crippen LogP contribution in [-0.2, 0) is 0 Å². The first-order chi connectivity index (χ1) is 21.2. The molecule has 1 saturated carbocycles. The molecule has 10 heteroatoms. The molecule has 0 aromatic heterocycles. The Morgan fingerprint density at radius 2 is 1.52 bits per heavy atom. The second-order valence-electron chi connectivity index (χ2n) is 14.4. The highest BCUT2D eigenvalue weighted by Gasteiger charge is 2.33. The van der Waals surface area contributed by atoms with Gasteiger partial charge in [-0.2, -0.15) is 0 Å². The number of piperazine rings is 1. The van der Waals surface area contributed by atoms with Gasteiger partial charge < -0.3 is 29.9 Å². The van der Waals surface area contributed by atoms with Crippen LogP contribution in [0.1, 0.15) is 87.6 Å². The van der Waals surface area contributed by atoms with Crippen molar-refractivity contribution in [1.29, 1.82) is 0 Å². The maximum Gasteiger partial charge on any atom is 0.253 e. The normalized spacial score (nSPS) is 24.1. The lowest BCUT2D eigenvalue weighted by atomic mass is 9.68. The molecule has 0 radical (unpaired) electrons. The molecule has 3 heterocycles. The molecule has 0 unspecified atom stereocenters. The molecule has 2 N–H and O–H groups in total. The smallest absolute Gasteiger partial charge is 0.253 e. The molecule has 2 aromatic rings. The van der Waals surface area contributed by atoms with Gasteiger partial charge in [0.1, 0.15) is 23.7 Å². The van der Waals surface area contributed by atoms with Gasteiger partial charge in [0.15, 0.2) is 0 Å². The van der Waals surface area contributed by atoms with Crippen LogP contribution in [0, 0.1) is 11.3 Å². The van der Waals surface area contributed by atoms with Gasteiger partial charge in [0.25, 0.3) is 5.91 Å². The standard InChI is InChI=1S/C36H51ClN4O3.2ClH/c1-36(2,3)27-7-4-25(5-8-27)33-20-26(6-9-34(33)44-31-10-13-39-24-31)35(42)41-16-11-30(12-17-41)43-32-22-28(37)21-29(23-32)40-18-14-38-15-19-40;;/h6,9,20-23,25,27,30-31,38-39H,4-5,7-8,10-19,24H2,1-3H3;2*1H/t25-,27-,31-;;/m0../s1. The van der Waals surface area contributed by atoms with Crippen molar-refractivity contribution in [3.05, 3.63) is 52.5 Å². The Morgan fingerprint density at radius 3 is 2.17 bits per heavy atom. The number of anilines is 1. The average molecular weight is 696 g/mol. The third kappa shape index (κ3) is 9.16. The Kier molecular flexibility index (Phi) is 13.2. The van der Waals surface area contributed by atoms with E-state index in [1.54, 1.807) is 0 Å². The summed E-state index contributed by atoms with van der Waals surface area (Å²) in [5.74, 6) is 3.09. The lowest BCUT2D eigenvalue weighted by molar-refractivity contribution is 0.0595. The number of halogens is 3. The van der Waals surface area contributed by atoms with Gasteiger partial charge in [0.2, 0.25) is 0 Å². The second-order valence-corrected chi connectivity index (χ2v) is 14.8. The summed E-state index contributed by atoms with van der Waals surface area (Å²) in [5, 5.41) is 7.52. The van der Waals surface area contributed by atoms with E-state index in [4.69, 9.17) is 21.1 Å². The highest BCUT2D eigenvalue weighted by Crippen LogP contribution is 2.45. The quantitative estimate of drug-likeness (QED) is 0.316. The van der Waals surface area contributed by atoms with Gasteiger partial charge in [-0.25, -0.2) is 0 Å². The molecule has 0 bridgehead atoms. The summed E-state index contributed by atoms with van der Waals surface area (Å²) in [4.78, 5) is 18.2. The third-order valence-corrected chi connectivity index (χ3v) is 10.5. The minimum atomic E-state index is 0. The zero-order valence-corrected chi connectivity index (χ0v) is 30.1. The van der Waals surface area contributed by atoms with Gasteiger partial charge in [-0.15, -0.1) is 24.8 Å². The van der Waals surface area contributed by atoms with Crippen molar-refractivity contribution >= 4 is 48.0 Å². The minimum Gasteiger partial charge on any atom is -0.490 e. The Hall–Kier alpha value is -1.90. The molecular weight excluding hydrogens is 643 g/mol. The first kappa shape index (κ1) is 36.9. The largest absolute Gasteiger partial charge is 0.490 e. The highest BCUT2D eigenvalue weighted by atomic mass is 35.5. The van der Waals surface area contributed by atoms with Crippen molar-refractivity contribution in [2.75, 3.05) is 57.3 Å². The summed E-state index contributed by atoms with van der Waals surface area (Å²) >= 11 is 6.49. The molecule has 1 atom stereocenters. The van der Waals surface area contributed by atoms with Crippen LogP contribution in [0.3, 0.4) is 0 Å². The van der Waals surface area contributed by atoms with Crippen LogP contribution in [0.25, 0.3) is 0 Å². The number of hydrogen-bond donors (Lipinski definition) is 2. The van der Waals surface area contributed by atoms with Crippen LogP contribution in [0.2, 0.25) is 5.02 Å². The van der Waals surface area contributed by atoms with Crippen molar-refractivity contribution in [3.8, 4) is 11.5 Å². The molecule has 6 rings (SSSR count). The van der Waals surface area contributed by atoms with Crippen LogP contribution in [0.5, 0.6) is 11.5 Å². The van der Waals surface area contributed by atoms with Crippen LogP contribution in [0.4, 0.5) is 5.69 Å². The van der Waals surface area contributed by atoms with Gasteiger partial charge in [0.05, 0.1) is 0 Å². The van der Waals surface area contributed by atoms with E-state index in [1.165, 1.54) is 18.4 Å². The lowest BCUT2D eigenvalue weighted by Crippen LogP contribution is -2.43. The van der Waals surface area contributed by atoms with E-state index in [0.29, 0.717) is 29.4 Å². The topological polar surface area (TPSA) is 66.1 Å². The molecule has 3 saturated heterocycles. The monoisotopic (exact) mass is 694 g/mol. The van der Waals surface area contributed by atoms with Crippen LogP contribution in [-0.4, -0.2) is 75.4 Å². The fraction of sp³-hybridized carbons (Fsp3) is 0.639. The Labute approximate surface area is 293 Å². The van der Waals surface area contributed by atoms with Gasteiger partial charge >= 0.3 is 0 Å². The zero-order valence-electron chi connectivity index (χ0n) is 27.7. The summed E-state index contributed by atoms with van der Waals surface area (Å²) in [6, 6.07) is 12.3. The van der Waals surface area contributed by atoms with E-state index in [9.17, 15) is 4.79 Å². The second kappa shape index (κ2) is 16.5. The molecule has 256 valence electrons. The third-order valence-electron chi connectivity index (χ3n) is 10.3. The van der Waals surface area contributed by atoms with Gasteiger partial charge in [-0.05, 0) is 91.8 Å². The molecule has 4 fully saturated rings. The Bertz CT molecular complexity index is 1280. The van der Waals surface area contributed by atoms with E-state index in [-0.39, 0.29) is 42.9 Å². The molecule has 7 nitrogen and oxygen atoms in total. The van der Waals surface area contributed by atoms with E-state index in [0.717, 1.165) is 100 Å². The molecule has 4 aliphatic rings. The predicted octanol–water partition coefficient (Wildman–Crippen LogP) is 7.34. The predicted molar refractivity (Wildman–Crippen MR) is 193 cm³/mol. The van der Waals surface area contributed by atoms with E-state index < -0.39 is 0 Å². The molecule has 1 aliphatic carbocycles. The Balaban J connectivity index is 0.00000240. The van der Waals surface area contributed by atoms with E-state index in [2.05, 4.69) is 54.5 Å². The van der Waals surface area contributed by atoms with Gasteiger partial charge in [0, 0.05) is 81.0 Å². The lowest BCUT2D eigenvalue weighted by Gasteiger charge is -2.37. The number of nitrogens with zero attached hydrogens (tertiary/aromatic N) is 2. The number of carbonyl (C=O) groups excluding carboxylic acids is 1. The molecule has 0 spiro atoms. The number of nitrogens with one attached hydrogen (secondary N) is 2. The fourth-order valence-electron chi connectivity index (χ4n) is 7.56. The number of rotatable bonds is 7. The molecule has 2 aromatic carbocycles. The van der Waals surface area contributed by atoms with Crippen LogP contribution in [0.15, 0.2) is 36.4 Å². The van der Waals surface area contributed by atoms with E-state index in [1.807, 2.05) is 23.1 Å². The van der Waals surface area contributed by atoms with Gasteiger partial charge in [-0.3, -0.25) is 4.79 Å². The van der Waals surface area contributed by atoms with Crippen LogP contribution < -0.4 is 25.0 Å². The van der Waals surface area contributed by atoms with Crippen molar-refractivity contribution < 1.29 is 14.3 Å². The fourth-order valence-corrected chi connectivity index (χ4v) is 7.78. The summed E-state index contributed by atoms with van der Waals surface area (Å²) in [6.07, 6.45) is 7.68. The van der Waals surface area contributed by atoms with Crippen LogP contribution >= 0.6 is 36.4 Å². The summed E-state index contributed by atoms with van der Waals surface area (Å²) < 4.78 is 13.0. The molecule has 46 heavy (non-hydrogen) atoms. The highest BCUT2D eigenvalue weighted by molar-refractivity contribution is 6.31. The number of carbonyl (C=O) groups is 1. The summed E-state index contributed by atoms with van der Waals surface area (Å²) in [5.41, 5.74) is 3.47. The maximum absolute atomic E-state index is 13.8. The maximum atomic E-state index is 13.8. The first-order valence-electron chi connectivity index (χ1n) is 17.0. The average Bonchev–Trinajstić information content (AvgIpc) is 3.54. The SMILES string of the molecule is CC(C)(C)[C@H]1CC[C@H](c2cc(C(=O)N3CCC(Oc4cc(Cl)cc(N5CCNCC5)c4)CC3)ccc2O[C@H]2CCNC2)CC1.Cl.Cl. The number of ether oxygens (including phenoxy) is 2. The summed E-state index contributed by atoms with van der Waals surface area (Å²) in [6.45, 7) is 14.2. The number of benzene rings is 2. The van der Waals surface area contributed by atoms with E-state index >= 15 is 0 Å². The van der Waals surface area contributed by atoms with Crippen molar-refractivity contribution in [2.45, 2.75) is 83.8 Å². The number of amides is 1. The minimum absolute atomic E-state index is 0. The van der Waals surface area contributed by atoms with Gasteiger partial charge in [-0.1, -0.05) is 32.4 Å². The number of hydrogen-bond acceptors (Lipinski definition) is 6. The first-order valence-corrected chi connectivity index (χ1v) is 17.3. The Morgan fingerprint density at radius 1 is 0.804 bits per heavy atom. The van der Waals surface area contributed by atoms with Crippen molar-refractivity contribution in [2.24, 2.45) is 11.3 Å². The zero-order chi connectivity index (χ0) is 30.7.